The Bertz CT molecular complexity index is 104. The van der Waals surface area contributed by atoms with Gasteiger partial charge in [0.15, 0.2) is 0 Å². The molecule has 0 saturated heterocycles. The van der Waals surface area contributed by atoms with Gasteiger partial charge in [-0.3, -0.25) is 0 Å². The second-order valence-corrected chi connectivity index (χ2v) is 3.66. The maximum absolute atomic E-state index is 10.6. The Morgan fingerprint density at radius 3 is 2.00 bits per heavy atom. The van der Waals surface area contributed by atoms with Gasteiger partial charge < -0.3 is 4.74 Å². The molecule has 0 bridgehead atoms. The number of carbonyl (C=O) groups is 1. The van der Waals surface area contributed by atoms with Gasteiger partial charge in [0.25, 0.3) is 0 Å². The molecule has 0 aliphatic rings. The Balaban J connectivity index is 3.60. The van der Waals surface area contributed by atoms with E-state index in [9.17, 15) is 4.79 Å². The van der Waals surface area contributed by atoms with E-state index in [2.05, 4.69) is 0 Å². The molecule has 2 nitrogen and oxygen atoms in total. The molecule has 3 heteroatoms. The van der Waals surface area contributed by atoms with E-state index in [0.717, 1.165) is 0 Å². The Hall–Kier alpha value is -0.100. The molecule has 0 rings (SSSR count). The zero-order valence-corrected chi connectivity index (χ0v) is 7.32. The summed E-state index contributed by atoms with van der Waals surface area (Å²) in [5.74, 6) is 0. The van der Waals surface area contributed by atoms with Crippen LogP contribution in [0.25, 0.3) is 0 Å². The molecule has 1 atom stereocenters. The fourth-order valence-corrected chi connectivity index (χ4v) is 0.737. The highest BCUT2D eigenvalue weighted by molar-refractivity contribution is 7.56. The summed E-state index contributed by atoms with van der Waals surface area (Å²) >= 11 is 0. The van der Waals surface area contributed by atoms with E-state index in [4.69, 9.17) is 4.74 Å². The molecule has 0 heterocycles. The van der Waals surface area contributed by atoms with Gasteiger partial charge in [0, 0.05) is 0 Å². The normalized spacial score (nSPS) is 12.4. The van der Waals surface area contributed by atoms with E-state index in [1.54, 1.807) is 0 Å². The Morgan fingerprint density at radius 1 is 1.44 bits per heavy atom. The summed E-state index contributed by atoms with van der Waals surface area (Å²) in [6.45, 7) is 7.41. The lowest BCUT2D eigenvalue weighted by Gasteiger charge is -2.18. The van der Waals surface area contributed by atoms with E-state index in [1.807, 2.05) is 27.4 Å². The third-order valence-corrected chi connectivity index (χ3v) is 1.11. The van der Waals surface area contributed by atoms with Gasteiger partial charge in [-0.2, -0.15) is 0 Å². The van der Waals surface area contributed by atoms with Crippen molar-refractivity contribution in [3.63, 3.8) is 0 Å². The van der Waals surface area contributed by atoms with Crippen LogP contribution in [0.2, 0.25) is 0 Å². The first-order valence-corrected chi connectivity index (χ1v) is 4.36. The van der Waals surface area contributed by atoms with Crippen molar-refractivity contribution in [1.29, 1.82) is 0 Å². The summed E-state index contributed by atoms with van der Waals surface area (Å²) in [7, 11) is 0.244. The molecular weight excluding hydrogens is 135 g/mol. The molecule has 0 N–H and O–H groups in total. The third-order valence-electron chi connectivity index (χ3n) is 0.603. The van der Waals surface area contributed by atoms with Crippen LogP contribution < -0.4 is 0 Å². The van der Waals surface area contributed by atoms with Gasteiger partial charge in [-0.05, 0) is 36.0 Å². The first-order chi connectivity index (χ1) is 3.95. The van der Waals surface area contributed by atoms with Crippen LogP contribution in [0.1, 0.15) is 20.8 Å². The first kappa shape index (κ1) is 8.90. The Kier molecular flexibility index (Phi) is 3.13. The van der Waals surface area contributed by atoms with Gasteiger partial charge >= 0.3 is 5.71 Å². The average Bonchev–Trinajstić information content (AvgIpc) is 1.62. The van der Waals surface area contributed by atoms with Crippen LogP contribution in [0.5, 0.6) is 0 Å². The second kappa shape index (κ2) is 3.17. The van der Waals surface area contributed by atoms with Gasteiger partial charge in [-0.15, -0.1) is 0 Å². The molecule has 0 aromatic rings. The number of carbonyl (C=O) groups excluding carboxylic acids is 1. The molecule has 9 heavy (non-hydrogen) atoms. The van der Waals surface area contributed by atoms with Crippen LogP contribution in [-0.4, -0.2) is 18.0 Å². The Labute approximate surface area is 57.8 Å². The van der Waals surface area contributed by atoms with Crippen molar-refractivity contribution in [3.8, 4) is 0 Å². The molecule has 0 aromatic carbocycles. The van der Waals surface area contributed by atoms with Crippen molar-refractivity contribution in [2.24, 2.45) is 0 Å². The van der Waals surface area contributed by atoms with Crippen LogP contribution in [0.15, 0.2) is 0 Å². The largest absolute Gasteiger partial charge is 0.457 e. The van der Waals surface area contributed by atoms with Gasteiger partial charge in [0.1, 0.15) is 5.60 Å². The lowest BCUT2D eigenvalue weighted by Crippen LogP contribution is -2.20. The van der Waals surface area contributed by atoms with Gasteiger partial charge in [-0.25, -0.2) is 4.79 Å². The summed E-state index contributed by atoms with van der Waals surface area (Å²) in [5, 5.41) is 0. The molecule has 0 saturated carbocycles. The highest BCUT2D eigenvalue weighted by Gasteiger charge is 2.13. The van der Waals surface area contributed by atoms with Gasteiger partial charge in [-0.1, -0.05) is 0 Å². The molecule has 0 spiro atoms. The summed E-state index contributed by atoms with van der Waals surface area (Å²) in [6.07, 6.45) is 0. The smallest absolute Gasteiger partial charge is 0.323 e. The Morgan fingerprint density at radius 2 is 1.89 bits per heavy atom. The zero-order valence-electron chi connectivity index (χ0n) is 6.32. The highest BCUT2D eigenvalue weighted by atomic mass is 31.1. The molecule has 0 aromatic heterocycles. The molecule has 54 valence electrons. The fourth-order valence-electron chi connectivity index (χ4n) is 0.329. The first-order valence-electron chi connectivity index (χ1n) is 2.86. The number of hydrogen-bond donors (Lipinski definition) is 0. The van der Waals surface area contributed by atoms with Crippen LogP contribution in [0.4, 0.5) is 4.79 Å². The summed E-state index contributed by atoms with van der Waals surface area (Å²) in [4.78, 5) is 10.6. The van der Waals surface area contributed by atoms with E-state index in [1.165, 1.54) is 0 Å². The minimum absolute atomic E-state index is 0.109. The molecule has 0 radical (unpaired) electrons. The zero-order chi connectivity index (χ0) is 7.49. The summed E-state index contributed by atoms with van der Waals surface area (Å²) in [5.41, 5.74) is -0.428. The quantitative estimate of drug-likeness (QED) is 0.533. The monoisotopic (exact) mass is 148 g/mol. The van der Waals surface area contributed by atoms with Crippen LogP contribution in [0, 0.1) is 0 Å². The fraction of sp³-hybridized carbons (Fsp3) is 0.833. The maximum Gasteiger partial charge on any atom is 0.323 e. The van der Waals surface area contributed by atoms with Crippen LogP contribution >= 0.6 is 8.58 Å². The van der Waals surface area contributed by atoms with Crippen molar-refractivity contribution in [1.82, 2.24) is 0 Å². The van der Waals surface area contributed by atoms with Crippen molar-refractivity contribution in [3.05, 3.63) is 0 Å². The summed E-state index contributed by atoms with van der Waals surface area (Å²) < 4.78 is 4.96. The van der Waals surface area contributed by atoms with Gasteiger partial charge in [0.05, 0.1) is 0 Å². The van der Waals surface area contributed by atoms with E-state index in [0.29, 0.717) is 0 Å². The number of ether oxygens (including phenoxy) is 1. The number of rotatable bonds is 1. The number of hydrogen-bond acceptors (Lipinski definition) is 2. The SMILES string of the molecule is CPC(=O)OC(C)(C)C. The predicted octanol–water partition coefficient (Wildman–Crippen LogP) is 2.23. The second-order valence-electron chi connectivity index (χ2n) is 2.75. The minimum Gasteiger partial charge on any atom is -0.457 e. The molecule has 1 unspecified atom stereocenters. The van der Waals surface area contributed by atoms with Gasteiger partial charge in [0.2, 0.25) is 0 Å². The van der Waals surface area contributed by atoms with Crippen LogP contribution in [0.3, 0.4) is 0 Å². The summed E-state index contributed by atoms with van der Waals surface area (Å²) in [6, 6.07) is 0. The topological polar surface area (TPSA) is 26.3 Å². The standard InChI is InChI=1S/C6H13O2P/c1-6(2,3)8-5(7)9-4/h9H,1-4H3. The lowest BCUT2D eigenvalue weighted by molar-refractivity contribution is 0.0732. The van der Waals surface area contributed by atoms with E-state index < -0.39 is 0 Å². The van der Waals surface area contributed by atoms with Crippen molar-refractivity contribution in [2.45, 2.75) is 26.4 Å². The lowest BCUT2D eigenvalue weighted by atomic mass is 10.2. The molecule has 0 aliphatic carbocycles. The van der Waals surface area contributed by atoms with Crippen molar-refractivity contribution < 1.29 is 9.53 Å². The maximum atomic E-state index is 10.6. The van der Waals surface area contributed by atoms with Crippen molar-refractivity contribution >= 4 is 14.3 Å². The molecule has 0 fully saturated rings. The molecule has 0 aliphatic heterocycles. The minimum atomic E-state index is -0.319. The van der Waals surface area contributed by atoms with E-state index >= 15 is 0 Å². The molecule has 0 amide bonds. The average molecular weight is 148 g/mol. The predicted molar refractivity (Wildman–Crippen MR) is 40.5 cm³/mol. The third kappa shape index (κ3) is 5.78. The van der Waals surface area contributed by atoms with Crippen molar-refractivity contribution in [2.75, 3.05) is 6.66 Å². The molecular formula is C6H13O2P. The van der Waals surface area contributed by atoms with E-state index in [-0.39, 0.29) is 19.9 Å². The highest BCUT2D eigenvalue weighted by Crippen LogP contribution is 2.15. The van der Waals surface area contributed by atoms with Crippen LogP contribution in [-0.2, 0) is 4.74 Å².